The Bertz CT molecular complexity index is 340. The number of hydrogen-bond donors (Lipinski definition) is 1. The average molecular weight is 226 g/mol. The molecule has 1 aromatic carbocycles. The third-order valence-corrected chi connectivity index (χ3v) is 2.11. The van der Waals surface area contributed by atoms with E-state index in [4.69, 9.17) is 10.6 Å². The summed E-state index contributed by atoms with van der Waals surface area (Å²) in [6.07, 6.45) is 0.244. The first-order valence-corrected chi connectivity index (χ1v) is 4.92. The van der Waals surface area contributed by atoms with Crippen molar-refractivity contribution in [2.75, 3.05) is 13.7 Å². The van der Waals surface area contributed by atoms with Crippen LogP contribution in [0.2, 0.25) is 0 Å². The molecule has 0 fully saturated rings. The molecule has 0 bridgehead atoms. The molecule has 0 aromatic heterocycles. The van der Waals surface area contributed by atoms with E-state index in [2.05, 4.69) is 0 Å². The summed E-state index contributed by atoms with van der Waals surface area (Å²) in [7, 11) is 1.52. The van der Waals surface area contributed by atoms with E-state index in [9.17, 15) is 9.18 Å². The van der Waals surface area contributed by atoms with Crippen molar-refractivity contribution < 1.29 is 13.9 Å². The van der Waals surface area contributed by atoms with E-state index in [1.54, 1.807) is 12.1 Å². The quantitative estimate of drug-likeness (QED) is 0.464. The third-order valence-electron chi connectivity index (χ3n) is 2.11. The summed E-state index contributed by atoms with van der Waals surface area (Å²) in [6, 6.07) is 5.86. The molecule has 0 aliphatic rings. The number of nitrogens with two attached hydrogens (primary N) is 1. The van der Waals surface area contributed by atoms with E-state index in [-0.39, 0.29) is 24.7 Å². The van der Waals surface area contributed by atoms with Crippen LogP contribution in [-0.2, 0) is 16.1 Å². The molecule has 1 rings (SSSR count). The highest BCUT2D eigenvalue weighted by atomic mass is 19.1. The molecule has 0 atom stereocenters. The smallest absolute Gasteiger partial charge is 0.239 e. The van der Waals surface area contributed by atoms with Gasteiger partial charge in [-0.25, -0.2) is 10.2 Å². The van der Waals surface area contributed by atoms with Crippen LogP contribution in [0.15, 0.2) is 24.3 Å². The zero-order valence-corrected chi connectivity index (χ0v) is 9.15. The molecule has 88 valence electrons. The number of halogens is 1. The fourth-order valence-electron chi connectivity index (χ4n) is 1.21. The molecule has 0 spiro atoms. The number of rotatable bonds is 5. The fourth-order valence-corrected chi connectivity index (χ4v) is 1.21. The standard InChI is InChI=1S/C11H15FN2O2/c1-16-7-6-11(15)14(13)8-9-2-4-10(12)5-3-9/h2-5H,6-8,13H2,1H3. The maximum atomic E-state index is 12.6. The van der Waals surface area contributed by atoms with E-state index >= 15 is 0 Å². The van der Waals surface area contributed by atoms with Crippen molar-refractivity contribution in [3.05, 3.63) is 35.6 Å². The van der Waals surface area contributed by atoms with Crippen molar-refractivity contribution in [1.82, 2.24) is 5.01 Å². The second kappa shape index (κ2) is 6.19. The van der Waals surface area contributed by atoms with E-state index in [1.165, 1.54) is 19.2 Å². The minimum Gasteiger partial charge on any atom is -0.384 e. The molecule has 0 unspecified atom stereocenters. The van der Waals surface area contributed by atoms with Gasteiger partial charge in [0.25, 0.3) is 0 Å². The molecule has 2 N–H and O–H groups in total. The van der Waals surface area contributed by atoms with Gasteiger partial charge in [0, 0.05) is 7.11 Å². The molecule has 4 nitrogen and oxygen atoms in total. The van der Waals surface area contributed by atoms with E-state index in [0.29, 0.717) is 6.61 Å². The van der Waals surface area contributed by atoms with Crippen LogP contribution < -0.4 is 5.84 Å². The predicted molar refractivity (Wildman–Crippen MR) is 57.6 cm³/mol. The predicted octanol–water partition coefficient (Wildman–Crippen LogP) is 1.06. The Hall–Kier alpha value is -1.46. The van der Waals surface area contributed by atoms with E-state index in [0.717, 1.165) is 10.6 Å². The number of amides is 1. The minimum atomic E-state index is -0.307. The second-order valence-electron chi connectivity index (χ2n) is 3.39. The molecule has 1 aromatic rings. The molecule has 16 heavy (non-hydrogen) atoms. The molecule has 0 saturated heterocycles. The Kier molecular flexibility index (Phi) is 4.88. The second-order valence-corrected chi connectivity index (χ2v) is 3.39. The van der Waals surface area contributed by atoms with Crippen LogP contribution >= 0.6 is 0 Å². The van der Waals surface area contributed by atoms with Gasteiger partial charge in [0.05, 0.1) is 19.6 Å². The lowest BCUT2D eigenvalue weighted by molar-refractivity contribution is -0.133. The molecule has 0 saturated carbocycles. The van der Waals surface area contributed by atoms with Crippen LogP contribution in [0.3, 0.4) is 0 Å². The van der Waals surface area contributed by atoms with Crippen LogP contribution in [0.4, 0.5) is 4.39 Å². The minimum absolute atomic E-state index is 0.203. The number of benzene rings is 1. The molecule has 0 aliphatic carbocycles. The highest BCUT2D eigenvalue weighted by molar-refractivity contribution is 5.75. The normalized spacial score (nSPS) is 10.2. The van der Waals surface area contributed by atoms with Crippen molar-refractivity contribution in [3.63, 3.8) is 0 Å². The van der Waals surface area contributed by atoms with Gasteiger partial charge in [0.1, 0.15) is 5.82 Å². The number of ether oxygens (including phenoxy) is 1. The first-order chi connectivity index (χ1) is 7.63. The van der Waals surface area contributed by atoms with Crippen LogP contribution in [0.25, 0.3) is 0 Å². The zero-order chi connectivity index (χ0) is 12.0. The van der Waals surface area contributed by atoms with Crippen molar-refractivity contribution in [2.24, 2.45) is 5.84 Å². The molecular formula is C11H15FN2O2. The monoisotopic (exact) mass is 226 g/mol. The summed E-state index contributed by atoms with van der Waals surface area (Å²) in [5, 5.41) is 1.10. The number of carbonyl (C=O) groups excluding carboxylic acids is 1. The first-order valence-electron chi connectivity index (χ1n) is 4.92. The Balaban J connectivity index is 2.47. The summed E-state index contributed by atoms with van der Waals surface area (Å²) in [5.74, 6) is 5.05. The van der Waals surface area contributed by atoms with Crippen molar-refractivity contribution in [2.45, 2.75) is 13.0 Å². The topological polar surface area (TPSA) is 55.6 Å². The fraction of sp³-hybridized carbons (Fsp3) is 0.364. The van der Waals surface area contributed by atoms with E-state index < -0.39 is 0 Å². The van der Waals surface area contributed by atoms with Crippen molar-refractivity contribution in [1.29, 1.82) is 0 Å². The average Bonchev–Trinajstić information content (AvgIpc) is 2.29. The maximum absolute atomic E-state index is 12.6. The zero-order valence-electron chi connectivity index (χ0n) is 9.15. The van der Waals surface area contributed by atoms with Crippen molar-refractivity contribution >= 4 is 5.91 Å². The molecule has 0 aliphatic heterocycles. The lowest BCUT2D eigenvalue weighted by Crippen LogP contribution is -2.37. The van der Waals surface area contributed by atoms with Gasteiger partial charge >= 0.3 is 0 Å². The van der Waals surface area contributed by atoms with Crippen LogP contribution in [-0.4, -0.2) is 24.6 Å². The van der Waals surface area contributed by atoms with Gasteiger partial charge in [0.2, 0.25) is 5.91 Å². The van der Waals surface area contributed by atoms with Gasteiger partial charge in [-0.2, -0.15) is 0 Å². The number of hydrogen-bond acceptors (Lipinski definition) is 3. The molecule has 1 amide bonds. The Morgan fingerprint density at radius 2 is 2.06 bits per heavy atom. The third kappa shape index (κ3) is 3.96. The highest BCUT2D eigenvalue weighted by Crippen LogP contribution is 2.05. The lowest BCUT2D eigenvalue weighted by atomic mass is 10.2. The van der Waals surface area contributed by atoms with Gasteiger partial charge < -0.3 is 4.74 Å². The summed E-state index contributed by atoms with van der Waals surface area (Å²) in [5.41, 5.74) is 0.787. The lowest BCUT2D eigenvalue weighted by Gasteiger charge is -2.16. The van der Waals surface area contributed by atoms with E-state index in [1.807, 2.05) is 0 Å². The Morgan fingerprint density at radius 1 is 1.44 bits per heavy atom. The number of nitrogens with zero attached hydrogens (tertiary/aromatic N) is 1. The summed E-state index contributed by atoms with van der Waals surface area (Å²) < 4.78 is 17.4. The largest absolute Gasteiger partial charge is 0.384 e. The SMILES string of the molecule is COCCC(=O)N(N)Cc1ccc(F)cc1. The van der Waals surface area contributed by atoms with Gasteiger partial charge in [-0.1, -0.05) is 12.1 Å². The highest BCUT2D eigenvalue weighted by Gasteiger charge is 2.09. The summed E-state index contributed by atoms with van der Waals surface area (Å²) in [4.78, 5) is 11.4. The molecule has 0 radical (unpaired) electrons. The van der Waals surface area contributed by atoms with Gasteiger partial charge in [0.15, 0.2) is 0 Å². The number of hydrazine groups is 1. The Morgan fingerprint density at radius 3 is 2.62 bits per heavy atom. The first kappa shape index (κ1) is 12.6. The molecule has 5 heteroatoms. The molecule has 0 heterocycles. The number of carbonyl (C=O) groups is 1. The van der Waals surface area contributed by atoms with Gasteiger partial charge in [-0.15, -0.1) is 0 Å². The van der Waals surface area contributed by atoms with Crippen LogP contribution in [0.1, 0.15) is 12.0 Å². The number of methoxy groups -OCH3 is 1. The van der Waals surface area contributed by atoms with Crippen LogP contribution in [0, 0.1) is 5.82 Å². The molecular weight excluding hydrogens is 211 g/mol. The summed E-state index contributed by atoms with van der Waals surface area (Å²) in [6.45, 7) is 0.610. The summed E-state index contributed by atoms with van der Waals surface area (Å²) >= 11 is 0. The Labute approximate surface area is 93.8 Å². The van der Waals surface area contributed by atoms with Crippen LogP contribution in [0.5, 0.6) is 0 Å². The van der Waals surface area contributed by atoms with Crippen molar-refractivity contribution in [3.8, 4) is 0 Å². The maximum Gasteiger partial charge on any atom is 0.239 e. The van der Waals surface area contributed by atoms with Gasteiger partial charge in [-0.3, -0.25) is 9.80 Å². The van der Waals surface area contributed by atoms with Gasteiger partial charge in [-0.05, 0) is 17.7 Å².